The van der Waals surface area contributed by atoms with Crippen molar-refractivity contribution in [2.45, 2.75) is 44.8 Å². The third-order valence-electron chi connectivity index (χ3n) is 4.22. The SMILES string of the molecule is CC(C)c1csc(C(=O)N[C@H](c2ccccn2)C2CC(O)C2)n1. The molecular formula is C17H21N3O2S. The van der Waals surface area contributed by atoms with E-state index in [0.717, 1.165) is 11.4 Å². The van der Waals surface area contributed by atoms with Gasteiger partial charge in [0.15, 0.2) is 5.01 Å². The van der Waals surface area contributed by atoms with Gasteiger partial charge in [-0.2, -0.15) is 0 Å². The number of aliphatic hydroxyl groups excluding tert-OH is 1. The Kier molecular flexibility index (Phi) is 4.73. The van der Waals surface area contributed by atoms with E-state index in [-0.39, 0.29) is 24.0 Å². The van der Waals surface area contributed by atoms with E-state index in [9.17, 15) is 9.90 Å². The van der Waals surface area contributed by atoms with Crippen molar-refractivity contribution in [1.82, 2.24) is 15.3 Å². The Bertz CT molecular complexity index is 665. The summed E-state index contributed by atoms with van der Waals surface area (Å²) in [5.41, 5.74) is 1.77. The lowest BCUT2D eigenvalue weighted by Gasteiger charge is -2.37. The Hall–Kier alpha value is -1.79. The third-order valence-corrected chi connectivity index (χ3v) is 5.08. The summed E-state index contributed by atoms with van der Waals surface area (Å²) in [5, 5.41) is 15.1. The predicted octanol–water partition coefficient (Wildman–Crippen LogP) is 2.90. The number of thiazole rings is 1. The van der Waals surface area contributed by atoms with Crippen LogP contribution in [0.2, 0.25) is 0 Å². The molecule has 3 rings (SSSR count). The molecule has 5 nitrogen and oxygen atoms in total. The van der Waals surface area contributed by atoms with E-state index in [1.54, 1.807) is 6.20 Å². The fraction of sp³-hybridized carbons (Fsp3) is 0.471. The molecule has 0 radical (unpaired) electrons. The summed E-state index contributed by atoms with van der Waals surface area (Å²) in [6.45, 7) is 4.12. The lowest BCUT2D eigenvalue weighted by atomic mass is 9.76. The molecule has 0 saturated heterocycles. The van der Waals surface area contributed by atoms with Gasteiger partial charge in [-0.15, -0.1) is 11.3 Å². The molecule has 1 saturated carbocycles. The monoisotopic (exact) mass is 331 g/mol. The highest BCUT2D eigenvalue weighted by Crippen LogP contribution is 2.37. The third kappa shape index (κ3) is 3.59. The fourth-order valence-corrected chi connectivity index (χ4v) is 3.64. The number of carbonyl (C=O) groups excluding carboxylic acids is 1. The minimum atomic E-state index is -0.268. The normalized spacial score (nSPS) is 21.7. The second kappa shape index (κ2) is 6.76. The van der Waals surface area contributed by atoms with E-state index >= 15 is 0 Å². The molecule has 1 fully saturated rings. The molecule has 6 heteroatoms. The summed E-state index contributed by atoms with van der Waals surface area (Å²) in [5.74, 6) is 0.355. The van der Waals surface area contributed by atoms with Gasteiger partial charge in [-0.1, -0.05) is 19.9 Å². The van der Waals surface area contributed by atoms with Crippen LogP contribution in [0.25, 0.3) is 0 Å². The Morgan fingerprint density at radius 3 is 2.70 bits per heavy atom. The summed E-state index contributed by atoms with van der Waals surface area (Å²) in [6.07, 6.45) is 2.84. The Morgan fingerprint density at radius 1 is 1.35 bits per heavy atom. The molecule has 0 aliphatic heterocycles. The molecular weight excluding hydrogens is 310 g/mol. The first-order valence-corrected chi connectivity index (χ1v) is 8.78. The summed E-state index contributed by atoms with van der Waals surface area (Å²) in [6, 6.07) is 5.50. The summed E-state index contributed by atoms with van der Waals surface area (Å²) >= 11 is 1.37. The molecule has 2 aromatic rings. The van der Waals surface area contributed by atoms with Crippen molar-refractivity contribution >= 4 is 17.2 Å². The van der Waals surface area contributed by atoms with Crippen molar-refractivity contribution < 1.29 is 9.90 Å². The summed E-state index contributed by atoms with van der Waals surface area (Å²) < 4.78 is 0. The number of aliphatic hydroxyl groups is 1. The maximum absolute atomic E-state index is 12.5. The number of hydrogen-bond acceptors (Lipinski definition) is 5. The summed E-state index contributed by atoms with van der Waals surface area (Å²) in [7, 11) is 0. The number of nitrogens with one attached hydrogen (secondary N) is 1. The molecule has 2 aromatic heterocycles. The fourth-order valence-electron chi connectivity index (χ4n) is 2.75. The van der Waals surface area contributed by atoms with Crippen molar-refractivity contribution in [3.05, 3.63) is 46.2 Å². The van der Waals surface area contributed by atoms with Gasteiger partial charge in [0.1, 0.15) is 0 Å². The van der Waals surface area contributed by atoms with Crippen LogP contribution in [0.3, 0.4) is 0 Å². The highest BCUT2D eigenvalue weighted by atomic mass is 32.1. The molecule has 1 atom stereocenters. The van der Waals surface area contributed by atoms with E-state index in [0.29, 0.717) is 23.8 Å². The first kappa shape index (κ1) is 16.1. The molecule has 122 valence electrons. The van der Waals surface area contributed by atoms with Gasteiger partial charge in [-0.3, -0.25) is 9.78 Å². The van der Waals surface area contributed by atoms with Crippen LogP contribution >= 0.6 is 11.3 Å². The molecule has 0 spiro atoms. The average Bonchev–Trinajstić information content (AvgIpc) is 3.01. The smallest absolute Gasteiger partial charge is 0.280 e. The van der Waals surface area contributed by atoms with E-state index in [4.69, 9.17) is 0 Å². The first-order valence-electron chi connectivity index (χ1n) is 7.90. The maximum atomic E-state index is 12.5. The molecule has 0 bridgehead atoms. The van der Waals surface area contributed by atoms with Crippen molar-refractivity contribution in [1.29, 1.82) is 0 Å². The number of pyridine rings is 1. The van der Waals surface area contributed by atoms with Crippen molar-refractivity contribution in [2.24, 2.45) is 5.92 Å². The van der Waals surface area contributed by atoms with Crippen LogP contribution in [0.1, 0.15) is 59.8 Å². The van der Waals surface area contributed by atoms with E-state index < -0.39 is 0 Å². The van der Waals surface area contributed by atoms with Crippen LogP contribution in [0, 0.1) is 5.92 Å². The predicted molar refractivity (Wildman–Crippen MR) is 89.4 cm³/mol. The Balaban J connectivity index is 1.76. The quantitative estimate of drug-likeness (QED) is 0.883. The molecule has 1 amide bonds. The van der Waals surface area contributed by atoms with Crippen LogP contribution in [0.15, 0.2) is 29.8 Å². The van der Waals surface area contributed by atoms with Crippen LogP contribution in [0.5, 0.6) is 0 Å². The summed E-state index contributed by atoms with van der Waals surface area (Å²) in [4.78, 5) is 21.3. The maximum Gasteiger partial charge on any atom is 0.280 e. The van der Waals surface area contributed by atoms with Gasteiger partial charge in [0.05, 0.1) is 23.5 Å². The van der Waals surface area contributed by atoms with Gasteiger partial charge in [0, 0.05) is 11.6 Å². The van der Waals surface area contributed by atoms with Crippen molar-refractivity contribution in [3.63, 3.8) is 0 Å². The van der Waals surface area contributed by atoms with E-state index in [1.807, 2.05) is 23.6 Å². The van der Waals surface area contributed by atoms with E-state index in [2.05, 4.69) is 29.1 Å². The van der Waals surface area contributed by atoms with Gasteiger partial charge in [0.2, 0.25) is 0 Å². The second-order valence-corrected chi connectivity index (χ2v) is 7.18. The van der Waals surface area contributed by atoms with Gasteiger partial charge in [0.25, 0.3) is 5.91 Å². The van der Waals surface area contributed by atoms with Gasteiger partial charge < -0.3 is 10.4 Å². The average molecular weight is 331 g/mol. The van der Waals surface area contributed by atoms with E-state index in [1.165, 1.54) is 11.3 Å². The largest absolute Gasteiger partial charge is 0.393 e. The molecule has 2 heterocycles. The minimum Gasteiger partial charge on any atom is -0.393 e. The van der Waals surface area contributed by atoms with Crippen LogP contribution in [-0.4, -0.2) is 27.1 Å². The Morgan fingerprint density at radius 2 is 2.13 bits per heavy atom. The standard InChI is InChI=1S/C17H21N3O2S/c1-10(2)14-9-23-17(19-14)16(22)20-15(11-7-12(21)8-11)13-5-3-4-6-18-13/h3-6,9-12,15,21H,7-8H2,1-2H3,(H,20,22)/t11?,12?,15-/m0/s1. The van der Waals surface area contributed by atoms with Gasteiger partial charge in [-0.25, -0.2) is 4.98 Å². The number of hydrogen-bond donors (Lipinski definition) is 2. The van der Waals surface area contributed by atoms with Gasteiger partial charge >= 0.3 is 0 Å². The lowest BCUT2D eigenvalue weighted by Crippen LogP contribution is -2.41. The first-order chi connectivity index (χ1) is 11.0. The number of nitrogens with zero attached hydrogens (tertiary/aromatic N) is 2. The lowest BCUT2D eigenvalue weighted by molar-refractivity contribution is 0.0228. The van der Waals surface area contributed by atoms with Crippen LogP contribution in [-0.2, 0) is 0 Å². The Labute approximate surface area is 139 Å². The molecule has 2 N–H and O–H groups in total. The topological polar surface area (TPSA) is 75.1 Å². The molecule has 1 aliphatic carbocycles. The number of aromatic nitrogens is 2. The molecule has 0 aromatic carbocycles. The highest BCUT2D eigenvalue weighted by Gasteiger charge is 2.36. The number of carbonyl (C=O) groups is 1. The zero-order valence-corrected chi connectivity index (χ0v) is 14.1. The number of amides is 1. The minimum absolute atomic E-state index is 0.168. The zero-order chi connectivity index (χ0) is 16.4. The van der Waals surface area contributed by atoms with Crippen molar-refractivity contribution in [2.75, 3.05) is 0 Å². The molecule has 23 heavy (non-hydrogen) atoms. The molecule has 1 aliphatic rings. The van der Waals surface area contributed by atoms with Gasteiger partial charge in [-0.05, 0) is 36.8 Å². The second-order valence-electron chi connectivity index (χ2n) is 6.32. The molecule has 0 unspecified atom stereocenters. The van der Waals surface area contributed by atoms with Crippen molar-refractivity contribution in [3.8, 4) is 0 Å². The number of rotatable bonds is 5. The highest BCUT2D eigenvalue weighted by molar-refractivity contribution is 7.11. The van der Waals surface area contributed by atoms with Crippen LogP contribution < -0.4 is 5.32 Å². The van der Waals surface area contributed by atoms with Crippen LogP contribution in [0.4, 0.5) is 0 Å². The zero-order valence-electron chi connectivity index (χ0n) is 13.3.